The van der Waals surface area contributed by atoms with Crippen LogP contribution in [0.5, 0.6) is 0 Å². The molecule has 0 saturated carbocycles. The Bertz CT molecular complexity index is 443. The van der Waals surface area contributed by atoms with E-state index in [9.17, 15) is 0 Å². The van der Waals surface area contributed by atoms with Gasteiger partial charge in [-0.15, -0.1) is 0 Å². The van der Waals surface area contributed by atoms with Crippen molar-refractivity contribution < 1.29 is 0 Å². The maximum Gasteiger partial charge on any atom is 0.0497 e. The molecule has 0 aliphatic heterocycles. The Hall–Kier alpha value is -0.760. The molecule has 68 valence electrons. The van der Waals surface area contributed by atoms with Gasteiger partial charge in [0, 0.05) is 21.1 Å². The summed E-state index contributed by atoms with van der Waals surface area (Å²) in [4.78, 5) is 3.43. The van der Waals surface area contributed by atoms with Gasteiger partial charge in [0.25, 0.3) is 0 Å². The van der Waals surface area contributed by atoms with E-state index in [1.54, 1.807) is 0 Å². The summed E-state index contributed by atoms with van der Waals surface area (Å²) in [5.41, 5.74) is 3.84. The van der Waals surface area contributed by atoms with Gasteiger partial charge in [-0.3, -0.25) is 0 Å². The third-order valence-corrected chi connectivity index (χ3v) is 3.31. The average molecular weight is 238 g/mol. The number of aromatic amines is 1. The summed E-state index contributed by atoms with van der Waals surface area (Å²) in [7, 11) is 0. The minimum atomic E-state index is 1.04. The minimum Gasteiger partial charge on any atom is -0.357 e. The number of fused-ring (bicyclic) bond motifs is 1. The van der Waals surface area contributed by atoms with Gasteiger partial charge in [0.2, 0.25) is 0 Å². The second-order valence-corrected chi connectivity index (χ2v) is 4.06. The Balaban J connectivity index is 2.83. The zero-order chi connectivity index (χ0) is 9.42. The summed E-state index contributed by atoms with van der Waals surface area (Å²) in [6.07, 6.45) is 1.04. The van der Waals surface area contributed by atoms with Crippen LogP contribution in [0.4, 0.5) is 0 Å². The molecular formula is C11H12BrN. The summed E-state index contributed by atoms with van der Waals surface area (Å²) in [6, 6.07) is 6.36. The van der Waals surface area contributed by atoms with Crippen LogP contribution < -0.4 is 0 Å². The molecule has 0 atom stereocenters. The predicted molar refractivity (Wildman–Crippen MR) is 60.1 cm³/mol. The zero-order valence-corrected chi connectivity index (χ0v) is 9.40. The topological polar surface area (TPSA) is 15.8 Å². The molecule has 0 aliphatic rings. The molecule has 0 unspecified atom stereocenters. The lowest BCUT2D eigenvalue weighted by molar-refractivity contribution is 1.06. The third-order valence-electron chi connectivity index (χ3n) is 2.40. The fraction of sp³-hybridized carbons (Fsp3) is 0.273. The summed E-state index contributed by atoms with van der Waals surface area (Å²) >= 11 is 3.61. The summed E-state index contributed by atoms with van der Waals surface area (Å²) in [5.74, 6) is 0. The van der Waals surface area contributed by atoms with Crippen LogP contribution in [0.3, 0.4) is 0 Å². The quantitative estimate of drug-likeness (QED) is 0.777. The molecule has 0 fully saturated rings. The molecule has 2 rings (SSSR count). The van der Waals surface area contributed by atoms with Crippen LogP contribution in [0.2, 0.25) is 0 Å². The number of halogens is 1. The van der Waals surface area contributed by atoms with Crippen molar-refractivity contribution in [1.29, 1.82) is 0 Å². The summed E-state index contributed by atoms with van der Waals surface area (Å²) in [5, 5.41) is 1.29. The molecule has 0 spiro atoms. The first-order valence-electron chi connectivity index (χ1n) is 4.49. The van der Waals surface area contributed by atoms with Gasteiger partial charge in [0.05, 0.1) is 0 Å². The lowest BCUT2D eigenvalue weighted by atomic mass is 10.2. The smallest absolute Gasteiger partial charge is 0.0497 e. The fourth-order valence-electron chi connectivity index (χ4n) is 1.63. The van der Waals surface area contributed by atoms with Crippen LogP contribution in [0.15, 0.2) is 22.7 Å². The van der Waals surface area contributed by atoms with E-state index in [4.69, 9.17) is 0 Å². The first kappa shape index (κ1) is 8.82. The number of H-pyrrole nitrogens is 1. The minimum absolute atomic E-state index is 1.04. The maximum atomic E-state index is 3.61. The second kappa shape index (κ2) is 3.18. The van der Waals surface area contributed by atoms with Gasteiger partial charge >= 0.3 is 0 Å². The van der Waals surface area contributed by atoms with E-state index in [1.807, 2.05) is 0 Å². The van der Waals surface area contributed by atoms with Crippen LogP contribution in [0.25, 0.3) is 10.9 Å². The lowest BCUT2D eigenvalue weighted by Crippen LogP contribution is -1.78. The van der Waals surface area contributed by atoms with Gasteiger partial charge in [-0.1, -0.05) is 25.1 Å². The van der Waals surface area contributed by atoms with E-state index in [0.717, 1.165) is 6.42 Å². The Kier molecular flexibility index (Phi) is 2.16. The van der Waals surface area contributed by atoms with Crippen LogP contribution in [0, 0.1) is 6.92 Å². The molecule has 1 N–H and O–H groups in total. The van der Waals surface area contributed by atoms with E-state index in [1.165, 1.54) is 26.6 Å². The van der Waals surface area contributed by atoms with Crippen molar-refractivity contribution in [1.82, 2.24) is 4.98 Å². The number of hydrogen-bond donors (Lipinski definition) is 1. The Morgan fingerprint density at radius 2 is 2.15 bits per heavy atom. The number of nitrogens with one attached hydrogen (secondary N) is 1. The number of para-hydroxylation sites is 1. The van der Waals surface area contributed by atoms with Gasteiger partial charge in [-0.2, -0.15) is 0 Å². The van der Waals surface area contributed by atoms with Crippen LogP contribution in [-0.2, 0) is 6.42 Å². The molecule has 0 radical (unpaired) electrons. The van der Waals surface area contributed by atoms with Crippen LogP contribution in [-0.4, -0.2) is 4.98 Å². The Labute approximate surface area is 86.3 Å². The highest BCUT2D eigenvalue weighted by Gasteiger charge is 2.07. The molecule has 1 nitrogen and oxygen atoms in total. The molecule has 13 heavy (non-hydrogen) atoms. The maximum absolute atomic E-state index is 3.61. The molecule has 1 heterocycles. The fourth-order valence-corrected chi connectivity index (χ4v) is 2.34. The van der Waals surface area contributed by atoms with Gasteiger partial charge < -0.3 is 4.98 Å². The van der Waals surface area contributed by atoms with E-state index in [2.05, 4.69) is 53.0 Å². The van der Waals surface area contributed by atoms with Crippen molar-refractivity contribution in [2.45, 2.75) is 20.3 Å². The van der Waals surface area contributed by atoms with Crippen LogP contribution in [0.1, 0.15) is 18.2 Å². The Morgan fingerprint density at radius 3 is 2.77 bits per heavy atom. The first-order chi connectivity index (χ1) is 6.24. The van der Waals surface area contributed by atoms with Gasteiger partial charge in [-0.05, 0) is 34.8 Å². The Morgan fingerprint density at radius 1 is 1.38 bits per heavy atom. The van der Waals surface area contributed by atoms with Crippen molar-refractivity contribution >= 4 is 26.8 Å². The number of hydrogen-bond acceptors (Lipinski definition) is 0. The second-order valence-electron chi connectivity index (χ2n) is 3.27. The van der Waals surface area contributed by atoms with Gasteiger partial charge in [0.15, 0.2) is 0 Å². The van der Waals surface area contributed by atoms with E-state index in [-0.39, 0.29) is 0 Å². The third kappa shape index (κ3) is 1.29. The van der Waals surface area contributed by atoms with E-state index >= 15 is 0 Å². The monoisotopic (exact) mass is 237 g/mol. The van der Waals surface area contributed by atoms with Crippen molar-refractivity contribution in [2.24, 2.45) is 0 Å². The highest BCUT2D eigenvalue weighted by Crippen LogP contribution is 2.29. The first-order valence-corrected chi connectivity index (χ1v) is 5.29. The molecule has 2 heteroatoms. The summed E-state index contributed by atoms with van der Waals surface area (Å²) < 4.78 is 1.22. The highest BCUT2D eigenvalue weighted by molar-refractivity contribution is 9.10. The van der Waals surface area contributed by atoms with Crippen molar-refractivity contribution in [3.63, 3.8) is 0 Å². The number of rotatable bonds is 1. The molecule has 2 aromatic rings. The molecule has 0 aliphatic carbocycles. The zero-order valence-electron chi connectivity index (χ0n) is 7.82. The molecule has 0 amide bonds. The normalized spacial score (nSPS) is 11.0. The standard InChI is InChI=1S/C11H12BrN/c1-3-9-10(12)8-6-4-5-7(2)11(8)13-9/h4-6,13H,3H2,1-2H3. The van der Waals surface area contributed by atoms with Crippen LogP contribution >= 0.6 is 15.9 Å². The number of aromatic nitrogens is 1. The average Bonchev–Trinajstić information content (AvgIpc) is 2.45. The molecule has 1 aromatic heterocycles. The van der Waals surface area contributed by atoms with E-state index in [0.29, 0.717) is 0 Å². The van der Waals surface area contributed by atoms with Gasteiger partial charge in [0.1, 0.15) is 0 Å². The molecule has 0 saturated heterocycles. The highest BCUT2D eigenvalue weighted by atomic mass is 79.9. The van der Waals surface area contributed by atoms with E-state index < -0.39 is 0 Å². The number of benzene rings is 1. The molecular weight excluding hydrogens is 226 g/mol. The SMILES string of the molecule is CCc1[nH]c2c(C)cccc2c1Br. The van der Waals surface area contributed by atoms with Gasteiger partial charge in [-0.25, -0.2) is 0 Å². The summed E-state index contributed by atoms with van der Waals surface area (Å²) in [6.45, 7) is 4.29. The van der Waals surface area contributed by atoms with Crippen molar-refractivity contribution in [2.75, 3.05) is 0 Å². The number of aryl methyl sites for hydroxylation is 2. The largest absolute Gasteiger partial charge is 0.357 e. The predicted octanol–water partition coefficient (Wildman–Crippen LogP) is 3.80. The lowest BCUT2D eigenvalue weighted by Gasteiger charge is -1.93. The van der Waals surface area contributed by atoms with Crippen molar-refractivity contribution in [3.05, 3.63) is 33.9 Å². The molecule has 1 aromatic carbocycles. The van der Waals surface area contributed by atoms with Crippen molar-refractivity contribution in [3.8, 4) is 0 Å². The molecule has 0 bridgehead atoms.